The summed E-state index contributed by atoms with van der Waals surface area (Å²) in [6.45, 7) is 2.01. The fraction of sp³-hybridized carbons (Fsp3) is 0.176. The molecule has 0 unspecified atom stereocenters. The second-order valence-electron chi connectivity index (χ2n) is 5.22. The highest BCUT2D eigenvalue weighted by atomic mass is 16.2. The van der Waals surface area contributed by atoms with Gasteiger partial charge in [0.15, 0.2) is 5.78 Å². The monoisotopic (exact) mass is 295 g/mol. The molecule has 2 aromatic heterocycles. The Hall–Kier alpha value is -2.82. The zero-order valence-electron chi connectivity index (χ0n) is 12.3. The van der Waals surface area contributed by atoms with Gasteiger partial charge < -0.3 is 15.3 Å². The van der Waals surface area contributed by atoms with Crippen LogP contribution >= 0.6 is 0 Å². The van der Waals surface area contributed by atoms with Gasteiger partial charge in [-0.05, 0) is 31.0 Å². The molecule has 3 rings (SSSR count). The van der Waals surface area contributed by atoms with Gasteiger partial charge in [-0.3, -0.25) is 9.59 Å². The smallest absolute Gasteiger partial charge is 0.267 e. The minimum atomic E-state index is -0.202. The van der Waals surface area contributed by atoms with Crippen LogP contribution in [0, 0.1) is 0 Å². The third-order valence-electron chi connectivity index (χ3n) is 3.69. The van der Waals surface area contributed by atoms with Crippen LogP contribution in [-0.2, 0) is 6.42 Å². The van der Waals surface area contributed by atoms with E-state index in [1.807, 2.05) is 24.4 Å². The van der Waals surface area contributed by atoms with Gasteiger partial charge >= 0.3 is 0 Å². The molecule has 0 saturated heterocycles. The Morgan fingerprint density at radius 2 is 1.95 bits per heavy atom. The van der Waals surface area contributed by atoms with Crippen LogP contribution in [0.3, 0.4) is 0 Å². The van der Waals surface area contributed by atoms with Crippen molar-refractivity contribution in [3.63, 3.8) is 0 Å². The van der Waals surface area contributed by atoms with Gasteiger partial charge in [0.25, 0.3) is 5.91 Å². The average molecular weight is 295 g/mol. The van der Waals surface area contributed by atoms with E-state index in [9.17, 15) is 9.59 Å². The van der Waals surface area contributed by atoms with Gasteiger partial charge in [0.05, 0.1) is 0 Å². The highest BCUT2D eigenvalue weighted by Crippen LogP contribution is 2.17. The predicted molar refractivity (Wildman–Crippen MR) is 85.1 cm³/mol. The third-order valence-corrected chi connectivity index (χ3v) is 3.69. The minimum Gasteiger partial charge on any atom is -0.361 e. The Bertz CT molecular complexity index is 829. The van der Waals surface area contributed by atoms with E-state index in [1.165, 1.54) is 17.9 Å². The quantitative estimate of drug-likeness (QED) is 0.633. The van der Waals surface area contributed by atoms with Crippen molar-refractivity contribution in [1.82, 2.24) is 15.3 Å². The number of nitrogens with one attached hydrogen (secondary N) is 3. The topological polar surface area (TPSA) is 77.8 Å². The lowest BCUT2D eigenvalue weighted by Gasteiger charge is -2.03. The summed E-state index contributed by atoms with van der Waals surface area (Å²) in [5.41, 5.74) is 3.19. The number of amides is 1. The molecular weight excluding hydrogens is 278 g/mol. The molecular formula is C17H17N3O2. The summed E-state index contributed by atoms with van der Waals surface area (Å²) in [5, 5.41) is 4.04. The van der Waals surface area contributed by atoms with E-state index >= 15 is 0 Å². The molecule has 1 aromatic carbocycles. The molecule has 0 atom stereocenters. The fourth-order valence-electron chi connectivity index (χ4n) is 2.47. The number of Topliss-reactive ketones (excluding diaryl/α,β-unsaturated/α-hetero) is 1. The molecule has 0 bridgehead atoms. The Balaban J connectivity index is 1.60. The van der Waals surface area contributed by atoms with E-state index < -0.39 is 0 Å². The number of fused-ring (bicyclic) bond motifs is 1. The first kappa shape index (κ1) is 14.1. The lowest BCUT2D eigenvalue weighted by atomic mass is 10.1. The van der Waals surface area contributed by atoms with Crippen molar-refractivity contribution in [3.8, 4) is 0 Å². The molecule has 0 spiro atoms. The van der Waals surface area contributed by atoms with E-state index in [4.69, 9.17) is 0 Å². The Kier molecular flexibility index (Phi) is 3.78. The van der Waals surface area contributed by atoms with Crippen LogP contribution in [0.25, 0.3) is 10.9 Å². The van der Waals surface area contributed by atoms with Crippen molar-refractivity contribution in [3.05, 3.63) is 59.5 Å². The fourth-order valence-corrected chi connectivity index (χ4v) is 2.47. The Morgan fingerprint density at radius 1 is 1.14 bits per heavy atom. The van der Waals surface area contributed by atoms with Gasteiger partial charge in [0.1, 0.15) is 5.69 Å². The lowest BCUT2D eigenvalue weighted by molar-refractivity contribution is 0.0949. The Morgan fingerprint density at radius 3 is 2.73 bits per heavy atom. The van der Waals surface area contributed by atoms with Crippen molar-refractivity contribution in [2.45, 2.75) is 13.3 Å². The molecule has 0 fully saturated rings. The first-order chi connectivity index (χ1) is 10.6. The second kappa shape index (κ2) is 5.89. The molecule has 0 aliphatic heterocycles. The molecule has 5 heteroatoms. The summed E-state index contributed by atoms with van der Waals surface area (Å²) in [6.07, 6.45) is 4.27. The number of ketones is 1. The molecule has 0 saturated carbocycles. The van der Waals surface area contributed by atoms with E-state index in [1.54, 1.807) is 12.3 Å². The lowest BCUT2D eigenvalue weighted by Crippen LogP contribution is -2.25. The highest BCUT2D eigenvalue weighted by Gasteiger charge is 2.10. The van der Waals surface area contributed by atoms with Crippen LogP contribution in [-0.4, -0.2) is 28.2 Å². The summed E-state index contributed by atoms with van der Waals surface area (Å²) >= 11 is 0. The number of hydrogen-bond donors (Lipinski definition) is 3. The first-order valence-corrected chi connectivity index (χ1v) is 7.17. The molecule has 0 aliphatic rings. The molecule has 112 valence electrons. The van der Waals surface area contributed by atoms with Crippen molar-refractivity contribution in [2.75, 3.05) is 6.54 Å². The van der Waals surface area contributed by atoms with Crippen molar-refractivity contribution >= 4 is 22.6 Å². The van der Waals surface area contributed by atoms with Crippen LogP contribution in [0.4, 0.5) is 0 Å². The van der Waals surface area contributed by atoms with Gasteiger partial charge in [-0.1, -0.05) is 18.2 Å². The standard InChI is InChI=1S/C17H17N3O2/c1-11(21)13-8-16(20-10-13)17(22)18-7-6-12-9-19-15-5-3-2-4-14(12)15/h2-5,8-10,19-20H,6-7H2,1H3,(H,18,22). The van der Waals surface area contributed by atoms with Crippen molar-refractivity contribution in [2.24, 2.45) is 0 Å². The Labute approximate surface area is 127 Å². The minimum absolute atomic E-state index is 0.0610. The molecule has 1 amide bonds. The SMILES string of the molecule is CC(=O)c1c[nH]c(C(=O)NCCc2c[nH]c3ccccc23)c1. The average Bonchev–Trinajstić information content (AvgIpc) is 3.14. The number of carbonyl (C=O) groups excluding carboxylic acids is 2. The maximum Gasteiger partial charge on any atom is 0.267 e. The maximum atomic E-state index is 12.0. The van der Waals surface area contributed by atoms with E-state index in [0.29, 0.717) is 17.8 Å². The van der Waals surface area contributed by atoms with E-state index in [0.717, 1.165) is 11.9 Å². The normalized spacial score (nSPS) is 10.8. The van der Waals surface area contributed by atoms with Gasteiger partial charge in [-0.2, -0.15) is 0 Å². The number of H-pyrrole nitrogens is 2. The number of hydrogen-bond acceptors (Lipinski definition) is 2. The van der Waals surface area contributed by atoms with Crippen molar-refractivity contribution in [1.29, 1.82) is 0 Å². The van der Waals surface area contributed by atoms with Crippen LogP contribution in [0.1, 0.15) is 33.3 Å². The largest absolute Gasteiger partial charge is 0.361 e. The first-order valence-electron chi connectivity index (χ1n) is 7.17. The van der Waals surface area contributed by atoms with Crippen LogP contribution in [0.15, 0.2) is 42.7 Å². The molecule has 3 N–H and O–H groups in total. The van der Waals surface area contributed by atoms with E-state index in [2.05, 4.69) is 21.4 Å². The van der Waals surface area contributed by atoms with Gasteiger partial charge in [0, 0.05) is 35.4 Å². The number of rotatable bonds is 5. The van der Waals surface area contributed by atoms with Crippen LogP contribution in [0.5, 0.6) is 0 Å². The molecule has 0 aliphatic carbocycles. The van der Waals surface area contributed by atoms with Gasteiger partial charge in [-0.15, -0.1) is 0 Å². The number of para-hydroxylation sites is 1. The molecule has 3 aromatic rings. The third kappa shape index (κ3) is 2.79. The zero-order chi connectivity index (χ0) is 15.5. The summed E-state index contributed by atoms with van der Waals surface area (Å²) in [5.74, 6) is -0.263. The summed E-state index contributed by atoms with van der Waals surface area (Å²) in [6, 6.07) is 9.65. The van der Waals surface area contributed by atoms with E-state index in [-0.39, 0.29) is 11.7 Å². The summed E-state index contributed by atoms with van der Waals surface area (Å²) in [4.78, 5) is 29.3. The van der Waals surface area contributed by atoms with Crippen LogP contribution < -0.4 is 5.32 Å². The highest BCUT2D eigenvalue weighted by molar-refractivity contribution is 5.99. The maximum absolute atomic E-state index is 12.0. The van der Waals surface area contributed by atoms with Gasteiger partial charge in [0.2, 0.25) is 0 Å². The van der Waals surface area contributed by atoms with Crippen LogP contribution in [0.2, 0.25) is 0 Å². The second-order valence-corrected chi connectivity index (χ2v) is 5.22. The number of aromatic nitrogens is 2. The number of carbonyl (C=O) groups is 2. The zero-order valence-corrected chi connectivity index (χ0v) is 12.3. The molecule has 22 heavy (non-hydrogen) atoms. The van der Waals surface area contributed by atoms with Crippen molar-refractivity contribution < 1.29 is 9.59 Å². The number of benzene rings is 1. The summed E-state index contributed by atoms with van der Waals surface area (Å²) in [7, 11) is 0. The molecule has 5 nitrogen and oxygen atoms in total. The molecule has 2 heterocycles. The molecule has 0 radical (unpaired) electrons. The van der Waals surface area contributed by atoms with Gasteiger partial charge in [-0.25, -0.2) is 0 Å². The predicted octanol–water partition coefficient (Wildman–Crippen LogP) is 2.67. The summed E-state index contributed by atoms with van der Waals surface area (Å²) < 4.78 is 0. The number of aromatic amines is 2.